The molecular weight excluding hydrogens is 345 g/mol. The minimum Gasteiger partial charge on any atom is -0.380 e. The van der Waals surface area contributed by atoms with E-state index in [0.29, 0.717) is 18.4 Å². The number of thioether (sulfide) groups is 1. The third kappa shape index (κ3) is 7.70. The summed E-state index contributed by atoms with van der Waals surface area (Å²) in [5, 5.41) is 3.44. The first kappa shape index (κ1) is 22.3. The predicted octanol–water partition coefficient (Wildman–Crippen LogP) is 1.11. The fourth-order valence-corrected chi connectivity index (χ4v) is 3.60. The van der Waals surface area contributed by atoms with Crippen molar-refractivity contribution >= 4 is 42.5 Å². The maximum absolute atomic E-state index is 12.3. The van der Waals surface area contributed by atoms with Gasteiger partial charge in [-0.05, 0) is 6.92 Å². The second-order valence-corrected chi connectivity index (χ2v) is 6.50. The molecule has 0 saturated carbocycles. The van der Waals surface area contributed by atoms with Gasteiger partial charge in [0.05, 0.1) is 6.61 Å². The number of nitrogens with zero attached hydrogens (tertiary/aromatic N) is 2. The van der Waals surface area contributed by atoms with Crippen molar-refractivity contribution in [2.24, 2.45) is 0 Å². The van der Waals surface area contributed by atoms with Crippen molar-refractivity contribution < 1.29 is 9.53 Å². The SMILES string of the molecule is CCOCCN1CCN(C(=O)CC2CSCCN2)CC1.Cl.Cl. The highest BCUT2D eigenvalue weighted by Gasteiger charge is 2.24. The quantitative estimate of drug-likeness (QED) is 0.706. The molecule has 132 valence electrons. The summed E-state index contributed by atoms with van der Waals surface area (Å²) < 4.78 is 5.38. The molecule has 0 aromatic carbocycles. The fourth-order valence-electron chi connectivity index (χ4n) is 2.65. The number of carbonyl (C=O) groups is 1. The van der Waals surface area contributed by atoms with Gasteiger partial charge in [0.1, 0.15) is 0 Å². The molecule has 0 aromatic heterocycles. The van der Waals surface area contributed by atoms with E-state index in [2.05, 4.69) is 10.2 Å². The van der Waals surface area contributed by atoms with E-state index in [0.717, 1.165) is 58.2 Å². The van der Waals surface area contributed by atoms with E-state index < -0.39 is 0 Å². The highest BCUT2D eigenvalue weighted by atomic mass is 35.5. The lowest BCUT2D eigenvalue weighted by atomic mass is 10.2. The molecule has 1 N–H and O–H groups in total. The Morgan fingerprint density at radius 3 is 2.59 bits per heavy atom. The second-order valence-electron chi connectivity index (χ2n) is 5.35. The van der Waals surface area contributed by atoms with Gasteiger partial charge in [-0.3, -0.25) is 9.69 Å². The van der Waals surface area contributed by atoms with Crippen molar-refractivity contribution in [3.63, 3.8) is 0 Å². The number of halogens is 2. The minimum absolute atomic E-state index is 0. The lowest BCUT2D eigenvalue weighted by molar-refractivity contribution is -0.133. The Balaban J connectivity index is 0.00000220. The van der Waals surface area contributed by atoms with Gasteiger partial charge < -0.3 is 15.0 Å². The first-order chi connectivity index (χ1) is 9.79. The first-order valence-electron chi connectivity index (χ1n) is 7.68. The molecule has 0 aliphatic carbocycles. The molecule has 1 amide bonds. The molecular formula is C14H29Cl2N3O2S. The highest BCUT2D eigenvalue weighted by Crippen LogP contribution is 2.12. The van der Waals surface area contributed by atoms with Crippen molar-refractivity contribution in [2.45, 2.75) is 19.4 Å². The molecule has 22 heavy (non-hydrogen) atoms. The fraction of sp³-hybridized carbons (Fsp3) is 0.929. The van der Waals surface area contributed by atoms with Gasteiger partial charge in [-0.1, -0.05) is 0 Å². The van der Waals surface area contributed by atoms with Crippen LogP contribution in [0.5, 0.6) is 0 Å². The van der Waals surface area contributed by atoms with Crippen LogP contribution in [0.25, 0.3) is 0 Å². The van der Waals surface area contributed by atoms with Gasteiger partial charge in [-0.25, -0.2) is 0 Å². The zero-order valence-corrected chi connectivity index (χ0v) is 15.7. The third-order valence-electron chi connectivity index (χ3n) is 3.90. The Labute approximate surface area is 150 Å². The molecule has 0 aromatic rings. The summed E-state index contributed by atoms with van der Waals surface area (Å²) in [6.07, 6.45) is 0.659. The van der Waals surface area contributed by atoms with Gasteiger partial charge in [-0.2, -0.15) is 11.8 Å². The third-order valence-corrected chi connectivity index (χ3v) is 5.03. The molecule has 2 fully saturated rings. The summed E-state index contributed by atoms with van der Waals surface area (Å²) >= 11 is 1.95. The van der Waals surface area contributed by atoms with E-state index >= 15 is 0 Å². The van der Waals surface area contributed by atoms with Gasteiger partial charge in [0.25, 0.3) is 0 Å². The molecule has 0 spiro atoms. The smallest absolute Gasteiger partial charge is 0.224 e. The average molecular weight is 374 g/mol. The maximum atomic E-state index is 12.3. The van der Waals surface area contributed by atoms with Crippen molar-refractivity contribution in [1.29, 1.82) is 0 Å². The summed E-state index contributed by atoms with van der Waals surface area (Å²) in [5.74, 6) is 2.55. The number of hydrogen-bond donors (Lipinski definition) is 1. The normalized spacial score (nSPS) is 22.6. The second kappa shape index (κ2) is 12.7. The molecule has 2 saturated heterocycles. The Hall–Kier alpha value is 0.280. The summed E-state index contributed by atoms with van der Waals surface area (Å²) in [6.45, 7) is 9.31. The van der Waals surface area contributed by atoms with Crippen molar-refractivity contribution in [3.05, 3.63) is 0 Å². The van der Waals surface area contributed by atoms with Crippen LogP contribution in [0.2, 0.25) is 0 Å². The van der Waals surface area contributed by atoms with E-state index in [1.807, 2.05) is 23.6 Å². The van der Waals surface area contributed by atoms with Gasteiger partial charge in [-0.15, -0.1) is 24.8 Å². The number of piperazine rings is 1. The highest BCUT2D eigenvalue weighted by molar-refractivity contribution is 7.99. The van der Waals surface area contributed by atoms with E-state index in [4.69, 9.17) is 4.74 Å². The Morgan fingerprint density at radius 1 is 1.27 bits per heavy atom. The summed E-state index contributed by atoms with van der Waals surface area (Å²) in [4.78, 5) is 16.7. The van der Waals surface area contributed by atoms with Crippen LogP contribution in [-0.2, 0) is 9.53 Å². The van der Waals surface area contributed by atoms with Gasteiger partial charge in [0, 0.05) is 69.8 Å². The molecule has 1 atom stereocenters. The molecule has 0 bridgehead atoms. The summed E-state index contributed by atoms with van der Waals surface area (Å²) in [6, 6.07) is 0.372. The lowest BCUT2D eigenvalue weighted by Crippen LogP contribution is -2.51. The zero-order valence-electron chi connectivity index (χ0n) is 13.3. The van der Waals surface area contributed by atoms with E-state index in [1.54, 1.807) is 0 Å². The summed E-state index contributed by atoms with van der Waals surface area (Å²) in [7, 11) is 0. The van der Waals surface area contributed by atoms with Crippen LogP contribution in [0.4, 0.5) is 0 Å². The van der Waals surface area contributed by atoms with Crippen LogP contribution in [0.1, 0.15) is 13.3 Å². The van der Waals surface area contributed by atoms with Crippen molar-refractivity contribution in [2.75, 3.05) is 64.0 Å². The van der Waals surface area contributed by atoms with Crippen LogP contribution in [0.3, 0.4) is 0 Å². The van der Waals surface area contributed by atoms with Gasteiger partial charge >= 0.3 is 0 Å². The molecule has 2 aliphatic heterocycles. The number of hydrogen-bond acceptors (Lipinski definition) is 5. The number of amides is 1. The molecule has 2 heterocycles. The van der Waals surface area contributed by atoms with Crippen molar-refractivity contribution in [1.82, 2.24) is 15.1 Å². The Kier molecular flexibility index (Phi) is 12.8. The van der Waals surface area contributed by atoms with Crippen LogP contribution in [0, 0.1) is 0 Å². The zero-order chi connectivity index (χ0) is 14.2. The maximum Gasteiger partial charge on any atom is 0.224 e. The van der Waals surface area contributed by atoms with Crippen molar-refractivity contribution in [3.8, 4) is 0 Å². The molecule has 2 rings (SSSR count). The summed E-state index contributed by atoms with van der Waals surface area (Å²) in [5.41, 5.74) is 0. The monoisotopic (exact) mass is 373 g/mol. The van der Waals surface area contributed by atoms with Crippen LogP contribution < -0.4 is 5.32 Å². The predicted molar refractivity (Wildman–Crippen MR) is 97.7 cm³/mol. The Bertz CT molecular complexity index is 300. The topological polar surface area (TPSA) is 44.8 Å². The number of nitrogens with one attached hydrogen (secondary N) is 1. The molecule has 8 heteroatoms. The Morgan fingerprint density at radius 2 is 2.00 bits per heavy atom. The largest absolute Gasteiger partial charge is 0.380 e. The number of rotatable bonds is 6. The molecule has 0 radical (unpaired) electrons. The van der Waals surface area contributed by atoms with Crippen LogP contribution in [-0.4, -0.2) is 85.7 Å². The average Bonchev–Trinajstić information content (AvgIpc) is 2.49. The lowest BCUT2D eigenvalue weighted by Gasteiger charge is -2.35. The standard InChI is InChI=1S/C14H27N3O2S.2ClH/c1-2-19-9-8-16-4-6-17(7-5-16)14(18)11-13-12-20-10-3-15-13;;/h13,15H,2-12H2,1H3;2*1H. The van der Waals surface area contributed by atoms with Crippen LogP contribution >= 0.6 is 36.6 Å². The minimum atomic E-state index is 0. The van der Waals surface area contributed by atoms with E-state index in [9.17, 15) is 4.79 Å². The molecule has 1 unspecified atom stereocenters. The van der Waals surface area contributed by atoms with Gasteiger partial charge in [0.2, 0.25) is 5.91 Å². The van der Waals surface area contributed by atoms with E-state index in [-0.39, 0.29) is 24.8 Å². The first-order valence-corrected chi connectivity index (χ1v) is 8.84. The number of carbonyl (C=O) groups excluding carboxylic acids is 1. The van der Waals surface area contributed by atoms with Crippen LogP contribution in [0.15, 0.2) is 0 Å². The molecule has 5 nitrogen and oxygen atoms in total. The van der Waals surface area contributed by atoms with Gasteiger partial charge in [0.15, 0.2) is 0 Å². The van der Waals surface area contributed by atoms with E-state index in [1.165, 1.54) is 5.75 Å². The molecule has 2 aliphatic rings. The number of ether oxygens (including phenoxy) is 1.